The molecular formula is C13H19F2NO. The fourth-order valence-corrected chi connectivity index (χ4v) is 1.70. The second-order valence-corrected chi connectivity index (χ2v) is 4.55. The predicted octanol–water partition coefficient (Wildman–Crippen LogP) is 3.41. The molecular weight excluding hydrogens is 224 g/mol. The summed E-state index contributed by atoms with van der Waals surface area (Å²) in [6.07, 6.45) is 1.38. The highest BCUT2D eigenvalue weighted by Gasteiger charge is 2.20. The third kappa shape index (κ3) is 3.40. The van der Waals surface area contributed by atoms with Crippen molar-refractivity contribution in [2.75, 3.05) is 7.11 Å². The largest absolute Gasteiger partial charge is 0.494 e. The van der Waals surface area contributed by atoms with Gasteiger partial charge in [0.05, 0.1) is 7.11 Å². The van der Waals surface area contributed by atoms with Gasteiger partial charge in [0.1, 0.15) is 5.82 Å². The Kier molecular flexibility index (Phi) is 4.87. The molecule has 0 amide bonds. The van der Waals surface area contributed by atoms with Crippen LogP contribution in [0.15, 0.2) is 12.1 Å². The van der Waals surface area contributed by atoms with Crippen molar-refractivity contribution < 1.29 is 13.5 Å². The number of halogens is 2. The normalized spacial score (nSPS) is 12.9. The predicted molar refractivity (Wildman–Crippen MR) is 63.9 cm³/mol. The van der Waals surface area contributed by atoms with E-state index in [1.807, 2.05) is 13.8 Å². The van der Waals surface area contributed by atoms with Crippen molar-refractivity contribution in [2.45, 2.75) is 32.7 Å². The molecule has 0 fully saturated rings. The van der Waals surface area contributed by atoms with Crippen molar-refractivity contribution in [3.05, 3.63) is 29.3 Å². The highest BCUT2D eigenvalue weighted by atomic mass is 19.1. The van der Waals surface area contributed by atoms with Crippen LogP contribution in [0.25, 0.3) is 0 Å². The number of benzene rings is 1. The fraction of sp³-hybridized carbons (Fsp3) is 0.538. The minimum absolute atomic E-state index is 0.0291. The Bertz CT molecular complexity index is 380. The van der Waals surface area contributed by atoms with E-state index in [-0.39, 0.29) is 11.3 Å². The maximum absolute atomic E-state index is 13.9. The molecule has 0 bridgehead atoms. The summed E-state index contributed by atoms with van der Waals surface area (Å²) in [6.45, 7) is 4.09. The Morgan fingerprint density at radius 1 is 1.24 bits per heavy atom. The van der Waals surface area contributed by atoms with Gasteiger partial charge in [-0.05, 0) is 30.9 Å². The number of rotatable bonds is 5. The SMILES string of the molecule is COc1ccc(F)c([C@H](N)CCC(C)C)c1F. The topological polar surface area (TPSA) is 35.2 Å². The first kappa shape index (κ1) is 13.9. The van der Waals surface area contributed by atoms with Gasteiger partial charge in [-0.25, -0.2) is 8.78 Å². The molecule has 1 aromatic rings. The number of ether oxygens (including phenoxy) is 1. The molecule has 2 N–H and O–H groups in total. The molecule has 0 aliphatic carbocycles. The van der Waals surface area contributed by atoms with Gasteiger partial charge in [-0.1, -0.05) is 13.8 Å². The molecule has 2 nitrogen and oxygen atoms in total. The van der Waals surface area contributed by atoms with Crippen molar-refractivity contribution >= 4 is 0 Å². The number of methoxy groups -OCH3 is 1. The molecule has 1 rings (SSSR count). The molecule has 0 aromatic heterocycles. The van der Waals surface area contributed by atoms with Crippen molar-refractivity contribution in [2.24, 2.45) is 11.7 Å². The standard InChI is InChI=1S/C13H19F2NO/c1-8(2)4-6-10(16)12-9(14)5-7-11(17-3)13(12)15/h5,7-8,10H,4,6,16H2,1-3H3/t10-/m1/s1. The lowest BCUT2D eigenvalue weighted by Gasteiger charge is -2.16. The second kappa shape index (κ2) is 5.96. The van der Waals surface area contributed by atoms with Gasteiger partial charge in [-0.2, -0.15) is 0 Å². The van der Waals surface area contributed by atoms with Gasteiger partial charge in [0.2, 0.25) is 0 Å². The maximum Gasteiger partial charge on any atom is 0.172 e. The summed E-state index contributed by atoms with van der Waals surface area (Å²) < 4.78 is 32.2. The van der Waals surface area contributed by atoms with Gasteiger partial charge in [-0.3, -0.25) is 0 Å². The van der Waals surface area contributed by atoms with Gasteiger partial charge in [-0.15, -0.1) is 0 Å². The van der Waals surface area contributed by atoms with E-state index in [1.165, 1.54) is 19.2 Å². The molecule has 1 atom stereocenters. The van der Waals surface area contributed by atoms with Crippen LogP contribution in [0, 0.1) is 17.6 Å². The summed E-state index contributed by atoms with van der Waals surface area (Å²) in [5.74, 6) is -0.817. The van der Waals surface area contributed by atoms with Gasteiger partial charge in [0, 0.05) is 11.6 Å². The van der Waals surface area contributed by atoms with E-state index in [2.05, 4.69) is 0 Å². The summed E-state index contributed by atoms with van der Waals surface area (Å²) in [5.41, 5.74) is 5.75. The molecule has 0 spiro atoms. The average Bonchev–Trinajstić information content (AvgIpc) is 2.26. The first-order valence-electron chi connectivity index (χ1n) is 5.74. The zero-order valence-electron chi connectivity index (χ0n) is 10.5. The lowest BCUT2D eigenvalue weighted by Crippen LogP contribution is -2.15. The van der Waals surface area contributed by atoms with Gasteiger partial charge in [0.25, 0.3) is 0 Å². The Hall–Kier alpha value is -1.16. The van der Waals surface area contributed by atoms with Crippen LogP contribution in [0.3, 0.4) is 0 Å². The van der Waals surface area contributed by atoms with Gasteiger partial charge >= 0.3 is 0 Å². The van der Waals surface area contributed by atoms with E-state index >= 15 is 0 Å². The van der Waals surface area contributed by atoms with Crippen LogP contribution >= 0.6 is 0 Å². The molecule has 1 aromatic carbocycles. The quantitative estimate of drug-likeness (QED) is 0.860. The zero-order valence-corrected chi connectivity index (χ0v) is 10.5. The van der Waals surface area contributed by atoms with Crippen molar-refractivity contribution in [3.63, 3.8) is 0 Å². The summed E-state index contributed by atoms with van der Waals surface area (Å²) >= 11 is 0. The van der Waals surface area contributed by atoms with E-state index < -0.39 is 17.7 Å². The van der Waals surface area contributed by atoms with E-state index in [4.69, 9.17) is 10.5 Å². The summed E-state index contributed by atoms with van der Waals surface area (Å²) in [7, 11) is 1.35. The van der Waals surface area contributed by atoms with Gasteiger partial charge < -0.3 is 10.5 Å². The summed E-state index contributed by atoms with van der Waals surface area (Å²) in [4.78, 5) is 0. The Morgan fingerprint density at radius 2 is 1.88 bits per heavy atom. The molecule has 0 radical (unpaired) electrons. The molecule has 4 heteroatoms. The molecule has 0 aliphatic rings. The van der Waals surface area contributed by atoms with E-state index in [0.717, 1.165) is 6.42 Å². The van der Waals surface area contributed by atoms with E-state index in [1.54, 1.807) is 0 Å². The second-order valence-electron chi connectivity index (χ2n) is 4.55. The lowest BCUT2D eigenvalue weighted by molar-refractivity contribution is 0.375. The van der Waals surface area contributed by atoms with E-state index in [0.29, 0.717) is 12.3 Å². The van der Waals surface area contributed by atoms with Crippen molar-refractivity contribution in [3.8, 4) is 5.75 Å². The molecule has 17 heavy (non-hydrogen) atoms. The fourth-order valence-electron chi connectivity index (χ4n) is 1.70. The highest BCUT2D eigenvalue weighted by Crippen LogP contribution is 2.29. The molecule has 0 aliphatic heterocycles. The molecule has 96 valence electrons. The molecule has 0 saturated carbocycles. The Morgan fingerprint density at radius 3 is 2.41 bits per heavy atom. The average molecular weight is 243 g/mol. The third-order valence-corrected chi connectivity index (χ3v) is 2.74. The van der Waals surface area contributed by atoms with Crippen LogP contribution < -0.4 is 10.5 Å². The van der Waals surface area contributed by atoms with E-state index in [9.17, 15) is 8.78 Å². The van der Waals surface area contributed by atoms with Crippen molar-refractivity contribution in [1.82, 2.24) is 0 Å². The Labute approximate surface area is 101 Å². The molecule has 0 unspecified atom stereocenters. The van der Waals surface area contributed by atoms with Crippen LogP contribution in [-0.2, 0) is 0 Å². The van der Waals surface area contributed by atoms with Crippen molar-refractivity contribution in [1.29, 1.82) is 0 Å². The van der Waals surface area contributed by atoms with Crippen LogP contribution in [0.4, 0.5) is 8.78 Å². The first-order chi connectivity index (χ1) is 7.97. The monoisotopic (exact) mass is 243 g/mol. The number of hydrogen-bond donors (Lipinski definition) is 1. The van der Waals surface area contributed by atoms with Gasteiger partial charge in [0.15, 0.2) is 11.6 Å². The zero-order chi connectivity index (χ0) is 13.0. The number of hydrogen-bond acceptors (Lipinski definition) is 2. The Balaban J connectivity index is 2.95. The minimum Gasteiger partial charge on any atom is -0.494 e. The van der Waals surface area contributed by atoms with Crippen LogP contribution in [-0.4, -0.2) is 7.11 Å². The lowest BCUT2D eigenvalue weighted by atomic mass is 9.97. The maximum atomic E-state index is 13.9. The van der Waals surface area contributed by atoms with Crippen LogP contribution in [0.5, 0.6) is 5.75 Å². The third-order valence-electron chi connectivity index (χ3n) is 2.74. The molecule has 0 saturated heterocycles. The van der Waals surface area contributed by atoms with Crippen LogP contribution in [0.1, 0.15) is 38.3 Å². The molecule has 0 heterocycles. The number of nitrogens with two attached hydrogens (primary N) is 1. The smallest absolute Gasteiger partial charge is 0.172 e. The summed E-state index contributed by atoms with van der Waals surface area (Å²) in [6, 6.07) is 1.82. The first-order valence-corrected chi connectivity index (χ1v) is 5.74. The van der Waals surface area contributed by atoms with Crippen LogP contribution in [0.2, 0.25) is 0 Å². The highest BCUT2D eigenvalue weighted by molar-refractivity contribution is 5.34. The minimum atomic E-state index is -0.691. The summed E-state index contributed by atoms with van der Waals surface area (Å²) in [5, 5.41) is 0.